The van der Waals surface area contributed by atoms with E-state index in [9.17, 15) is 9.59 Å². The standard InChI is InChI=1S/C13H17NO4/c1-9(6-12(15)16)8-14-13(17)10-4-3-5-11(7-10)18-2/h3-5,7,9H,6,8H2,1-2H3,(H,14,17)(H,15,16). The van der Waals surface area contributed by atoms with E-state index in [0.717, 1.165) is 0 Å². The number of carboxylic acid groups (broad SMARTS) is 1. The van der Waals surface area contributed by atoms with Crippen LogP contribution < -0.4 is 10.1 Å². The third-order valence-electron chi connectivity index (χ3n) is 2.47. The van der Waals surface area contributed by atoms with E-state index in [2.05, 4.69) is 5.32 Å². The Hall–Kier alpha value is -2.04. The minimum Gasteiger partial charge on any atom is -0.497 e. The molecule has 0 aliphatic rings. The number of carbonyl (C=O) groups is 2. The summed E-state index contributed by atoms with van der Waals surface area (Å²) < 4.78 is 5.03. The number of carbonyl (C=O) groups excluding carboxylic acids is 1. The summed E-state index contributed by atoms with van der Waals surface area (Å²) >= 11 is 0. The van der Waals surface area contributed by atoms with Crippen molar-refractivity contribution in [2.75, 3.05) is 13.7 Å². The summed E-state index contributed by atoms with van der Waals surface area (Å²) in [6, 6.07) is 6.80. The summed E-state index contributed by atoms with van der Waals surface area (Å²) in [4.78, 5) is 22.3. The van der Waals surface area contributed by atoms with Crippen LogP contribution >= 0.6 is 0 Å². The molecule has 98 valence electrons. The van der Waals surface area contributed by atoms with E-state index >= 15 is 0 Å². The lowest BCUT2D eigenvalue weighted by atomic mass is 10.1. The topological polar surface area (TPSA) is 75.6 Å². The summed E-state index contributed by atoms with van der Waals surface area (Å²) in [5, 5.41) is 11.3. The van der Waals surface area contributed by atoms with Gasteiger partial charge in [-0.25, -0.2) is 0 Å². The fraction of sp³-hybridized carbons (Fsp3) is 0.385. The quantitative estimate of drug-likeness (QED) is 0.804. The van der Waals surface area contributed by atoms with Crippen LogP contribution in [0.25, 0.3) is 0 Å². The predicted molar refractivity (Wildman–Crippen MR) is 66.7 cm³/mol. The fourth-order valence-electron chi connectivity index (χ4n) is 1.50. The van der Waals surface area contributed by atoms with Crippen LogP contribution in [0, 0.1) is 5.92 Å². The number of aliphatic carboxylic acids is 1. The predicted octanol–water partition coefficient (Wildman–Crippen LogP) is 1.54. The van der Waals surface area contributed by atoms with Crippen molar-refractivity contribution in [1.29, 1.82) is 0 Å². The Morgan fingerprint density at radius 3 is 2.78 bits per heavy atom. The zero-order chi connectivity index (χ0) is 13.5. The number of carboxylic acids is 1. The number of methoxy groups -OCH3 is 1. The van der Waals surface area contributed by atoms with Crippen molar-refractivity contribution >= 4 is 11.9 Å². The van der Waals surface area contributed by atoms with E-state index in [0.29, 0.717) is 17.9 Å². The minimum atomic E-state index is -0.863. The van der Waals surface area contributed by atoms with E-state index in [-0.39, 0.29) is 18.2 Å². The first-order valence-electron chi connectivity index (χ1n) is 5.67. The van der Waals surface area contributed by atoms with Crippen molar-refractivity contribution in [1.82, 2.24) is 5.32 Å². The Balaban J connectivity index is 2.52. The van der Waals surface area contributed by atoms with E-state index in [1.54, 1.807) is 31.2 Å². The van der Waals surface area contributed by atoms with Gasteiger partial charge in [-0.05, 0) is 24.1 Å². The maximum Gasteiger partial charge on any atom is 0.303 e. The van der Waals surface area contributed by atoms with Crippen molar-refractivity contribution in [2.45, 2.75) is 13.3 Å². The maximum absolute atomic E-state index is 11.8. The lowest BCUT2D eigenvalue weighted by molar-refractivity contribution is -0.137. The molecule has 0 aliphatic heterocycles. The van der Waals surface area contributed by atoms with Gasteiger partial charge in [-0.2, -0.15) is 0 Å². The van der Waals surface area contributed by atoms with Gasteiger partial charge < -0.3 is 15.2 Å². The summed E-state index contributed by atoms with van der Waals surface area (Å²) in [5.74, 6) is -0.581. The molecule has 2 N–H and O–H groups in total. The molecule has 0 heterocycles. The van der Waals surface area contributed by atoms with Gasteiger partial charge in [0.2, 0.25) is 0 Å². The fourth-order valence-corrected chi connectivity index (χ4v) is 1.50. The third-order valence-corrected chi connectivity index (χ3v) is 2.47. The first-order chi connectivity index (χ1) is 8.52. The molecule has 0 spiro atoms. The summed E-state index contributed by atoms with van der Waals surface area (Å²) in [5.41, 5.74) is 0.497. The second-order valence-electron chi connectivity index (χ2n) is 4.15. The highest BCUT2D eigenvalue weighted by Gasteiger charge is 2.11. The number of benzene rings is 1. The SMILES string of the molecule is COc1cccc(C(=O)NCC(C)CC(=O)O)c1. The second kappa shape index (κ2) is 6.64. The van der Waals surface area contributed by atoms with Crippen molar-refractivity contribution in [3.8, 4) is 5.75 Å². The van der Waals surface area contributed by atoms with Crippen LogP contribution in [0.5, 0.6) is 5.75 Å². The zero-order valence-electron chi connectivity index (χ0n) is 10.5. The summed E-state index contributed by atoms with van der Waals surface area (Å²) in [7, 11) is 1.53. The average Bonchev–Trinajstić information content (AvgIpc) is 2.35. The second-order valence-corrected chi connectivity index (χ2v) is 4.15. The number of hydrogen-bond acceptors (Lipinski definition) is 3. The van der Waals surface area contributed by atoms with E-state index < -0.39 is 5.97 Å². The average molecular weight is 251 g/mol. The Labute approximate surface area is 106 Å². The molecule has 0 radical (unpaired) electrons. The highest BCUT2D eigenvalue weighted by Crippen LogP contribution is 2.12. The lowest BCUT2D eigenvalue weighted by Crippen LogP contribution is -2.29. The molecule has 0 saturated carbocycles. The van der Waals surface area contributed by atoms with Gasteiger partial charge in [0.25, 0.3) is 5.91 Å². The van der Waals surface area contributed by atoms with Gasteiger partial charge in [0.15, 0.2) is 0 Å². The molecule has 0 aromatic heterocycles. The van der Waals surface area contributed by atoms with Crippen LogP contribution in [0.1, 0.15) is 23.7 Å². The number of hydrogen-bond donors (Lipinski definition) is 2. The Morgan fingerprint density at radius 1 is 1.44 bits per heavy atom. The molecule has 0 saturated heterocycles. The monoisotopic (exact) mass is 251 g/mol. The van der Waals surface area contributed by atoms with E-state index in [4.69, 9.17) is 9.84 Å². The first kappa shape index (κ1) is 14.0. The highest BCUT2D eigenvalue weighted by molar-refractivity contribution is 5.94. The zero-order valence-corrected chi connectivity index (χ0v) is 10.5. The molecule has 1 aromatic carbocycles. The molecule has 1 rings (SSSR count). The minimum absolute atomic E-state index is 0.0401. The molecule has 0 bridgehead atoms. The van der Waals surface area contributed by atoms with Crippen molar-refractivity contribution in [2.24, 2.45) is 5.92 Å². The molecule has 0 aliphatic carbocycles. The smallest absolute Gasteiger partial charge is 0.303 e. The van der Waals surface area contributed by atoms with Gasteiger partial charge in [0.1, 0.15) is 5.75 Å². The van der Waals surface area contributed by atoms with Crippen LogP contribution in [0.4, 0.5) is 0 Å². The van der Waals surface area contributed by atoms with Crippen molar-refractivity contribution in [3.05, 3.63) is 29.8 Å². The van der Waals surface area contributed by atoms with Crippen LogP contribution in [-0.4, -0.2) is 30.6 Å². The number of rotatable bonds is 6. The normalized spacial score (nSPS) is 11.7. The van der Waals surface area contributed by atoms with E-state index in [1.165, 1.54) is 7.11 Å². The van der Waals surface area contributed by atoms with E-state index in [1.807, 2.05) is 0 Å². The number of nitrogens with one attached hydrogen (secondary N) is 1. The maximum atomic E-state index is 11.8. The third kappa shape index (κ3) is 4.45. The molecule has 18 heavy (non-hydrogen) atoms. The lowest BCUT2D eigenvalue weighted by Gasteiger charge is -2.10. The van der Waals surface area contributed by atoms with Crippen LogP contribution in [0.15, 0.2) is 24.3 Å². The van der Waals surface area contributed by atoms with Crippen molar-refractivity contribution in [3.63, 3.8) is 0 Å². The molecular weight excluding hydrogens is 234 g/mol. The van der Waals surface area contributed by atoms with Crippen LogP contribution in [-0.2, 0) is 4.79 Å². The molecular formula is C13H17NO4. The van der Waals surface area contributed by atoms with Gasteiger partial charge in [-0.15, -0.1) is 0 Å². The number of ether oxygens (including phenoxy) is 1. The van der Waals surface area contributed by atoms with Gasteiger partial charge in [0.05, 0.1) is 7.11 Å². The summed E-state index contributed by atoms with van der Waals surface area (Å²) in [6.45, 7) is 2.11. The van der Waals surface area contributed by atoms with Gasteiger partial charge in [0, 0.05) is 18.5 Å². The van der Waals surface area contributed by atoms with Crippen molar-refractivity contribution < 1.29 is 19.4 Å². The van der Waals surface area contributed by atoms with Gasteiger partial charge in [-0.1, -0.05) is 13.0 Å². The van der Waals surface area contributed by atoms with Gasteiger partial charge in [-0.3, -0.25) is 9.59 Å². The molecule has 1 atom stereocenters. The van der Waals surface area contributed by atoms with Gasteiger partial charge >= 0.3 is 5.97 Å². The Morgan fingerprint density at radius 2 is 2.17 bits per heavy atom. The molecule has 1 amide bonds. The Kier molecular flexibility index (Phi) is 5.17. The first-order valence-corrected chi connectivity index (χ1v) is 5.67. The molecule has 1 aromatic rings. The Bertz CT molecular complexity index is 431. The highest BCUT2D eigenvalue weighted by atomic mass is 16.5. The molecule has 0 fully saturated rings. The molecule has 5 nitrogen and oxygen atoms in total. The summed E-state index contributed by atoms with van der Waals surface area (Å²) in [6.07, 6.45) is 0.0401. The largest absolute Gasteiger partial charge is 0.497 e. The molecule has 5 heteroatoms. The molecule has 1 unspecified atom stereocenters. The van der Waals surface area contributed by atoms with Crippen LogP contribution in [0.2, 0.25) is 0 Å². The number of amides is 1. The van der Waals surface area contributed by atoms with Crippen LogP contribution in [0.3, 0.4) is 0 Å².